The first-order valence-corrected chi connectivity index (χ1v) is 5.20. The number of aromatic hydroxyl groups is 1. The molecule has 2 rings (SSSR count). The van der Waals surface area contributed by atoms with Crippen molar-refractivity contribution in [3.05, 3.63) is 18.2 Å². The highest BCUT2D eigenvalue weighted by Crippen LogP contribution is 2.22. The summed E-state index contributed by atoms with van der Waals surface area (Å²) >= 11 is 1.45. The lowest BCUT2D eigenvalue weighted by Gasteiger charge is -1.90. The van der Waals surface area contributed by atoms with Gasteiger partial charge in [-0.3, -0.25) is 0 Å². The van der Waals surface area contributed by atoms with Crippen molar-refractivity contribution >= 4 is 22.8 Å². The molecule has 1 aromatic carbocycles. The number of phenols is 1. The molecule has 5 heteroatoms. The number of imidazole rings is 1. The first-order valence-electron chi connectivity index (χ1n) is 4.22. The molecule has 1 aromatic heterocycles. The number of nitrogens with one attached hydrogen (secondary N) is 1. The highest BCUT2D eigenvalue weighted by molar-refractivity contribution is 7.99. The van der Waals surface area contributed by atoms with E-state index in [-0.39, 0.29) is 12.4 Å². The van der Waals surface area contributed by atoms with E-state index in [1.165, 1.54) is 11.8 Å². The van der Waals surface area contributed by atoms with Crippen molar-refractivity contribution in [1.82, 2.24) is 9.97 Å². The Morgan fingerprint density at radius 3 is 3.07 bits per heavy atom. The van der Waals surface area contributed by atoms with E-state index in [4.69, 9.17) is 5.11 Å². The SMILES string of the molecule is OCCSc1nc2ccc(O)cc2[nH]1. The molecule has 0 aliphatic rings. The van der Waals surface area contributed by atoms with Crippen molar-refractivity contribution in [1.29, 1.82) is 0 Å². The normalized spacial score (nSPS) is 10.9. The van der Waals surface area contributed by atoms with Crippen molar-refractivity contribution in [2.45, 2.75) is 5.16 Å². The summed E-state index contributed by atoms with van der Waals surface area (Å²) in [5, 5.41) is 18.6. The van der Waals surface area contributed by atoms with Crippen LogP contribution in [-0.2, 0) is 0 Å². The third-order valence-electron chi connectivity index (χ3n) is 1.77. The molecule has 0 unspecified atom stereocenters. The Hall–Kier alpha value is -1.20. The Bertz CT molecular complexity index is 441. The fraction of sp³-hybridized carbons (Fsp3) is 0.222. The molecule has 0 amide bonds. The Kier molecular flexibility index (Phi) is 2.60. The second kappa shape index (κ2) is 3.89. The Morgan fingerprint density at radius 2 is 2.29 bits per heavy atom. The number of phenolic OH excluding ortho intramolecular Hbond substituents is 1. The lowest BCUT2D eigenvalue weighted by molar-refractivity contribution is 0.322. The van der Waals surface area contributed by atoms with Crippen LogP contribution in [0.2, 0.25) is 0 Å². The van der Waals surface area contributed by atoms with Crippen LogP contribution in [0.3, 0.4) is 0 Å². The van der Waals surface area contributed by atoms with E-state index in [0.717, 1.165) is 16.2 Å². The second-order valence-corrected chi connectivity index (χ2v) is 3.90. The van der Waals surface area contributed by atoms with Crippen LogP contribution in [-0.4, -0.2) is 32.5 Å². The molecular weight excluding hydrogens is 200 g/mol. The minimum absolute atomic E-state index is 0.132. The molecule has 0 atom stereocenters. The van der Waals surface area contributed by atoms with Crippen molar-refractivity contribution in [2.75, 3.05) is 12.4 Å². The topological polar surface area (TPSA) is 69.1 Å². The summed E-state index contributed by atoms with van der Waals surface area (Å²) in [4.78, 5) is 7.33. The van der Waals surface area contributed by atoms with Crippen molar-refractivity contribution in [2.24, 2.45) is 0 Å². The monoisotopic (exact) mass is 210 g/mol. The van der Waals surface area contributed by atoms with Crippen LogP contribution in [0.25, 0.3) is 11.0 Å². The molecule has 0 saturated carbocycles. The molecule has 0 saturated heterocycles. The van der Waals surface area contributed by atoms with Gasteiger partial charge in [-0.25, -0.2) is 4.98 Å². The standard InChI is InChI=1S/C9H10N2O2S/c12-3-4-14-9-10-7-2-1-6(13)5-8(7)11-9/h1-2,5,12-13H,3-4H2,(H,10,11). The van der Waals surface area contributed by atoms with Gasteiger partial charge in [0.25, 0.3) is 0 Å². The van der Waals surface area contributed by atoms with Gasteiger partial charge in [0.2, 0.25) is 0 Å². The summed E-state index contributed by atoms with van der Waals surface area (Å²) in [7, 11) is 0. The number of H-pyrrole nitrogens is 1. The van der Waals surface area contributed by atoms with Crippen molar-refractivity contribution in [3.8, 4) is 5.75 Å². The van der Waals surface area contributed by atoms with Gasteiger partial charge >= 0.3 is 0 Å². The third-order valence-corrected chi connectivity index (χ3v) is 2.63. The van der Waals surface area contributed by atoms with Gasteiger partial charge in [0.05, 0.1) is 17.6 Å². The van der Waals surface area contributed by atoms with Gasteiger partial charge in [-0.2, -0.15) is 0 Å². The molecule has 0 bridgehead atoms. The summed E-state index contributed by atoms with van der Waals surface area (Å²) < 4.78 is 0. The van der Waals surface area contributed by atoms with E-state index in [2.05, 4.69) is 9.97 Å². The third kappa shape index (κ3) is 1.83. The fourth-order valence-electron chi connectivity index (χ4n) is 1.18. The number of aliphatic hydroxyl groups is 1. The summed E-state index contributed by atoms with van der Waals surface area (Å²) in [6.07, 6.45) is 0. The Balaban J connectivity index is 2.32. The van der Waals surface area contributed by atoms with Crippen LogP contribution in [0, 0.1) is 0 Å². The molecule has 4 nitrogen and oxygen atoms in total. The van der Waals surface area contributed by atoms with Crippen molar-refractivity contribution in [3.63, 3.8) is 0 Å². The van der Waals surface area contributed by atoms with Gasteiger partial charge < -0.3 is 15.2 Å². The number of thioether (sulfide) groups is 1. The van der Waals surface area contributed by atoms with Gasteiger partial charge in [-0.15, -0.1) is 0 Å². The Morgan fingerprint density at radius 1 is 1.43 bits per heavy atom. The van der Waals surface area contributed by atoms with Crippen LogP contribution in [0.4, 0.5) is 0 Å². The van der Waals surface area contributed by atoms with Gasteiger partial charge in [-0.05, 0) is 12.1 Å². The van der Waals surface area contributed by atoms with E-state index >= 15 is 0 Å². The summed E-state index contributed by atoms with van der Waals surface area (Å²) in [5.41, 5.74) is 1.63. The number of rotatable bonds is 3. The van der Waals surface area contributed by atoms with Crippen LogP contribution in [0.1, 0.15) is 0 Å². The fourth-order valence-corrected chi connectivity index (χ4v) is 1.81. The van der Waals surface area contributed by atoms with E-state index in [1.54, 1.807) is 18.2 Å². The van der Waals surface area contributed by atoms with E-state index in [1.807, 2.05) is 0 Å². The van der Waals surface area contributed by atoms with Crippen LogP contribution in [0.5, 0.6) is 5.75 Å². The number of benzene rings is 1. The molecule has 1 heterocycles. The van der Waals surface area contributed by atoms with Gasteiger partial charge in [0, 0.05) is 11.8 Å². The number of fused-ring (bicyclic) bond motifs is 1. The van der Waals surface area contributed by atoms with Crippen LogP contribution >= 0.6 is 11.8 Å². The number of nitrogens with zero attached hydrogens (tertiary/aromatic N) is 1. The van der Waals surface area contributed by atoms with Crippen LogP contribution in [0.15, 0.2) is 23.4 Å². The molecule has 0 aliphatic carbocycles. The summed E-state index contributed by atoms with van der Waals surface area (Å²) in [5.74, 6) is 0.839. The van der Waals surface area contributed by atoms with Crippen molar-refractivity contribution < 1.29 is 10.2 Å². The maximum absolute atomic E-state index is 9.22. The van der Waals surface area contributed by atoms with E-state index in [0.29, 0.717) is 5.75 Å². The largest absolute Gasteiger partial charge is 0.508 e. The number of aliphatic hydroxyl groups excluding tert-OH is 1. The average Bonchev–Trinajstić information content (AvgIpc) is 2.56. The second-order valence-electron chi connectivity index (χ2n) is 2.82. The summed E-state index contributed by atoms with van der Waals surface area (Å²) in [6, 6.07) is 4.99. The van der Waals surface area contributed by atoms with Crippen LogP contribution < -0.4 is 0 Å². The quantitative estimate of drug-likeness (QED) is 0.669. The minimum atomic E-state index is 0.132. The predicted molar refractivity (Wildman–Crippen MR) is 55.6 cm³/mol. The molecule has 2 aromatic rings. The molecule has 0 aliphatic heterocycles. The predicted octanol–water partition coefficient (Wildman–Crippen LogP) is 1.35. The first kappa shape index (κ1) is 9.36. The zero-order valence-electron chi connectivity index (χ0n) is 7.40. The smallest absolute Gasteiger partial charge is 0.166 e. The first-order chi connectivity index (χ1) is 6.79. The van der Waals surface area contributed by atoms with E-state index in [9.17, 15) is 5.11 Å². The van der Waals surface area contributed by atoms with Gasteiger partial charge in [-0.1, -0.05) is 11.8 Å². The zero-order valence-corrected chi connectivity index (χ0v) is 8.21. The van der Waals surface area contributed by atoms with Gasteiger partial charge in [0.15, 0.2) is 5.16 Å². The molecule has 0 radical (unpaired) electrons. The lowest BCUT2D eigenvalue weighted by atomic mass is 10.3. The number of hydrogen-bond donors (Lipinski definition) is 3. The summed E-state index contributed by atoms with van der Waals surface area (Å²) in [6.45, 7) is 0.132. The lowest BCUT2D eigenvalue weighted by Crippen LogP contribution is -1.85. The average molecular weight is 210 g/mol. The molecule has 0 fully saturated rings. The molecular formula is C9H10N2O2S. The number of hydrogen-bond acceptors (Lipinski definition) is 4. The maximum atomic E-state index is 9.22. The Labute approximate surface area is 85.0 Å². The molecule has 0 spiro atoms. The molecule has 14 heavy (non-hydrogen) atoms. The minimum Gasteiger partial charge on any atom is -0.508 e. The highest BCUT2D eigenvalue weighted by Gasteiger charge is 2.02. The van der Waals surface area contributed by atoms with E-state index < -0.39 is 0 Å². The number of aromatic amines is 1. The molecule has 3 N–H and O–H groups in total. The van der Waals surface area contributed by atoms with Gasteiger partial charge in [0.1, 0.15) is 5.75 Å². The number of aromatic nitrogens is 2. The highest BCUT2D eigenvalue weighted by atomic mass is 32.2. The molecule has 74 valence electrons. The zero-order chi connectivity index (χ0) is 9.97. The maximum Gasteiger partial charge on any atom is 0.166 e.